The van der Waals surface area contributed by atoms with E-state index in [4.69, 9.17) is 4.74 Å². The Morgan fingerprint density at radius 3 is 2.86 bits per heavy atom. The number of benzene rings is 1. The molecule has 2 rings (SSSR count). The molecule has 0 unspecified atom stereocenters. The molecule has 0 saturated heterocycles. The minimum Gasteiger partial charge on any atom is -0.496 e. The number of thioether (sulfide) groups is 1. The van der Waals surface area contributed by atoms with Crippen LogP contribution in [0.15, 0.2) is 38.7 Å². The number of halogens is 1. The smallest absolute Gasteiger partial charge is 0.251 e. The first-order valence-corrected chi connectivity index (χ1v) is 8.45. The first kappa shape index (κ1) is 16.1. The van der Waals surface area contributed by atoms with Crippen LogP contribution in [0.5, 0.6) is 5.75 Å². The van der Waals surface area contributed by atoms with Gasteiger partial charge in [-0.25, -0.2) is 4.98 Å². The highest BCUT2D eigenvalue weighted by molar-refractivity contribution is 9.10. The molecule has 0 bridgehead atoms. The van der Waals surface area contributed by atoms with Gasteiger partial charge in [-0.2, -0.15) is 0 Å². The highest BCUT2D eigenvalue weighted by Crippen LogP contribution is 2.28. The minimum absolute atomic E-state index is 0.0909. The third kappa shape index (κ3) is 4.61. The van der Waals surface area contributed by atoms with Crippen LogP contribution in [-0.4, -0.2) is 17.1 Å². The van der Waals surface area contributed by atoms with E-state index in [2.05, 4.69) is 32.8 Å². The Bertz CT molecular complexity index is 673. The summed E-state index contributed by atoms with van der Waals surface area (Å²) in [5.74, 6) is 1.54. The van der Waals surface area contributed by atoms with Gasteiger partial charge in [0.05, 0.1) is 11.6 Å². The van der Waals surface area contributed by atoms with Crippen molar-refractivity contribution in [2.24, 2.45) is 0 Å². The van der Waals surface area contributed by atoms with Crippen molar-refractivity contribution in [3.8, 4) is 5.75 Å². The van der Waals surface area contributed by atoms with Gasteiger partial charge in [0.15, 0.2) is 5.16 Å². The predicted octanol–water partition coefficient (Wildman–Crippen LogP) is 3.79. The molecule has 1 aromatic heterocycles. The van der Waals surface area contributed by atoms with Crippen molar-refractivity contribution in [2.75, 3.05) is 7.11 Å². The summed E-state index contributed by atoms with van der Waals surface area (Å²) in [6, 6.07) is 7.51. The van der Waals surface area contributed by atoms with E-state index in [1.165, 1.54) is 11.8 Å². The van der Waals surface area contributed by atoms with Crippen molar-refractivity contribution in [3.63, 3.8) is 0 Å². The Morgan fingerprint density at radius 1 is 1.38 bits per heavy atom. The van der Waals surface area contributed by atoms with E-state index >= 15 is 0 Å². The maximum Gasteiger partial charge on any atom is 0.251 e. The lowest BCUT2D eigenvalue weighted by Crippen LogP contribution is -2.09. The molecule has 112 valence electrons. The predicted molar refractivity (Wildman–Crippen MR) is 89.1 cm³/mol. The molecule has 1 heterocycles. The van der Waals surface area contributed by atoms with Crippen molar-refractivity contribution < 1.29 is 4.74 Å². The Labute approximate surface area is 136 Å². The van der Waals surface area contributed by atoms with Crippen LogP contribution in [-0.2, 0) is 12.2 Å². The number of aryl methyl sites for hydroxylation is 1. The van der Waals surface area contributed by atoms with E-state index in [0.29, 0.717) is 5.16 Å². The molecule has 0 aliphatic heterocycles. The van der Waals surface area contributed by atoms with Crippen molar-refractivity contribution in [1.29, 1.82) is 0 Å². The van der Waals surface area contributed by atoms with Crippen LogP contribution in [0.3, 0.4) is 0 Å². The zero-order chi connectivity index (χ0) is 15.2. The van der Waals surface area contributed by atoms with Gasteiger partial charge in [-0.15, -0.1) is 0 Å². The third-order valence-electron chi connectivity index (χ3n) is 2.87. The summed E-state index contributed by atoms with van der Waals surface area (Å²) in [5.41, 5.74) is 1.89. The van der Waals surface area contributed by atoms with Gasteiger partial charge < -0.3 is 9.72 Å². The maximum absolute atomic E-state index is 11.6. The number of ether oxygens (including phenoxy) is 1. The van der Waals surface area contributed by atoms with Gasteiger partial charge >= 0.3 is 0 Å². The molecular formula is C15H17BrN2O2S. The molecule has 0 saturated carbocycles. The summed E-state index contributed by atoms with van der Waals surface area (Å²) < 4.78 is 6.13. The van der Waals surface area contributed by atoms with E-state index in [1.54, 1.807) is 13.2 Å². The molecule has 0 aliphatic carbocycles. The Morgan fingerprint density at radius 2 is 2.19 bits per heavy atom. The van der Waals surface area contributed by atoms with E-state index in [9.17, 15) is 4.79 Å². The zero-order valence-electron chi connectivity index (χ0n) is 12.0. The molecule has 6 heteroatoms. The van der Waals surface area contributed by atoms with Crippen LogP contribution in [0.25, 0.3) is 0 Å². The molecule has 0 fully saturated rings. The average Bonchev–Trinajstić information content (AvgIpc) is 2.45. The Hall–Kier alpha value is -1.27. The van der Waals surface area contributed by atoms with Crippen molar-refractivity contribution in [3.05, 3.63) is 50.3 Å². The number of hydrogen-bond donors (Lipinski definition) is 1. The first-order valence-electron chi connectivity index (χ1n) is 6.68. The molecule has 0 atom stereocenters. The van der Waals surface area contributed by atoms with Crippen molar-refractivity contribution in [1.82, 2.24) is 9.97 Å². The number of methoxy groups -OCH3 is 1. The summed E-state index contributed by atoms with van der Waals surface area (Å²) in [6.07, 6.45) is 1.80. The van der Waals surface area contributed by atoms with Crippen molar-refractivity contribution in [2.45, 2.75) is 30.7 Å². The van der Waals surface area contributed by atoms with Gasteiger partial charge in [-0.1, -0.05) is 31.2 Å². The molecule has 1 N–H and O–H groups in total. The highest BCUT2D eigenvalue weighted by atomic mass is 79.9. The molecular weight excluding hydrogens is 352 g/mol. The largest absolute Gasteiger partial charge is 0.496 e. The van der Waals surface area contributed by atoms with Crippen LogP contribution in [0, 0.1) is 0 Å². The van der Waals surface area contributed by atoms with Crippen LogP contribution >= 0.6 is 27.7 Å². The second-order valence-electron chi connectivity index (χ2n) is 4.55. The second-order valence-corrected chi connectivity index (χ2v) is 6.37. The molecule has 4 nitrogen and oxygen atoms in total. The number of aromatic nitrogens is 2. The monoisotopic (exact) mass is 368 g/mol. The summed E-state index contributed by atoms with van der Waals surface area (Å²) in [4.78, 5) is 18.8. The van der Waals surface area contributed by atoms with Gasteiger partial charge in [0.2, 0.25) is 0 Å². The third-order valence-corrected chi connectivity index (χ3v) is 4.44. The van der Waals surface area contributed by atoms with E-state index in [0.717, 1.165) is 40.1 Å². The van der Waals surface area contributed by atoms with Gasteiger partial charge in [0.1, 0.15) is 5.75 Å². The fraction of sp³-hybridized carbons (Fsp3) is 0.333. The van der Waals surface area contributed by atoms with Gasteiger partial charge in [0.25, 0.3) is 5.56 Å². The SMILES string of the molecule is CCCc1cc(=O)[nH]c(SCc2ccc(OC)c(Br)c2)n1. The average molecular weight is 369 g/mol. The summed E-state index contributed by atoms with van der Waals surface area (Å²) >= 11 is 4.99. The van der Waals surface area contributed by atoms with E-state index in [-0.39, 0.29) is 5.56 Å². The van der Waals surface area contributed by atoms with Gasteiger partial charge in [-0.05, 0) is 40.0 Å². The lowest BCUT2D eigenvalue weighted by molar-refractivity contribution is 0.412. The molecule has 0 spiro atoms. The van der Waals surface area contributed by atoms with Crippen LogP contribution in [0.4, 0.5) is 0 Å². The fourth-order valence-corrected chi connectivity index (χ4v) is 3.31. The lowest BCUT2D eigenvalue weighted by Gasteiger charge is -2.06. The number of nitrogens with one attached hydrogen (secondary N) is 1. The topological polar surface area (TPSA) is 55.0 Å². The number of aromatic amines is 1. The standard InChI is InChI=1S/C15H17BrN2O2S/c1-3-4-11-8-14(19)18-15(17-11)21-9-10-5-6-13(20-2)12(16)7-10/h5-8H,3-4,9H2,1-2H3,(H,17,18,19). The number of nitrogens with zero attached hydrogens (tertiary/aromatic N) is 1. The van der Waals surface area contributed by atoms with Crippen LogP contribution < -0.4 is 10.3 Å². The minimum atomic E-state index is -0.0909. The normalized spacial score (nSPS) is 10.6. The molecule has 0 amide bonds. The zero-order valence-corrected chi connectivity index (χ0v) is 14.4. The van der Waals surface area contributed by atoms with Gasteiger partial charge in [0, 0.05) is 17.5 Å². The first-order chi connectivity index (χ1) is 10.1. The fourth-order valence-electron chi connectivity index (χ4n) is 1.89. The van der Waals surface area contributed by atoms with Gasteiger partial charge in [-0.3, -0.25) is 4.79 Å². The highest BCUT2D eigenvalue weighted by Gasteiger charge is 2.05. The lowest BCUT2D eigenvalue weighted by atomic mass is 10.2. The maximum atomic E-state index is 11.6. The quantitative estimate of drug-likeness (QED) is 0.622. The number of hydrogen-bond acceptors (Lipinski definition) is 4. The van der Waals surface area contributed by atoms with Crippen molar-refractivity contribution >= 4 is 27.7 Å². The summed E-state index contributed by atoms with van der Waals surface area (Å²) in [7, 11) is 1.64. The molecule has 0 aliphatic rings. The molecule has 2 aromatic rings. The number of rotatable bonds is 6. The van der Waals surface area contributed by atoms with E-state index < -0.39 is 0 Å². The number of H-pyrrole nitrogens is 1. The molecule has 1 aromatic carbocycles. The van der Waals surface area contributed by atoms with Crippen LogP contribution in [0.1, 0.15) is 24.6 Å². The van der Waals surface area contributed by atoms with Crippen LogP contribution in [0.2, 0.25) is 0 Å². The molecule has 0 radical (unpaired) electrons. The Balaban J connectivity index is 2.09. The van der Waals surface area contributed by atoms with E-state index in [1.807, 2.05) is 18.2 Å². The Kier molecular flexibility index (Phi) is 5.87. The summed E-state index contributed by atoms with van der Waals surface area (Å²) in [5, 5.41) is 0.665. The second kappa shape index (κ2) is 7.66. The molecule has 21 heavy (non-hydrogen) atoms. The summed E-state index contributed by atoms with van der Waals surface area (Å²) in [6.45, 7) is 2.07.